The third-order valence-corrected chi connectivity index (χ3v) is 1.81. The Morgan fingerprint density at radius 2 is 1.60 bits per heavy atom. The maximum Gasteiger partial charge on any atom is 0.0965 e. The summed E-state index contributed by atoms with van der Waals surface area (Å²) in [6.07, 6.45) is 4.32. The largest absolute Gasteiger partial charge is 0.358 e. The molecular formula is C8H14N2. The van der Waals surface area contributed by atoms with Crippen molar-refractivity contribution in [1.29, 1.82) is 0 Å². The first-order valence-corrected chi connectivity index (χ1v) is 3.48. The highest BCUT2D eigenvalue weighted by molar-refractivity contribution is 5.02. The number of hydrogen-bond acceptors (Lipinski definition) is 2. The smallest absolute Gasteiger partial charge is 0.0965 e. The predicted octanol–water partition coefficient (Wildman–Crippen LogP) is 0.891. The minimum atomic E-state index is 0.975. The molecule has 0 aromatic heterocycles. The first-order chi connectivity index (χ1) is 4.72. The zero-order valence-electron chi connectivity index (χ0n) is 6.67. The van der Waals surface area contributed by atoms with E-state index in [-0.39, 0.29) is 0 Å². The number of rotatable bonds is 0. The lowest BCUT2D eigenvalue weighted by atomic mass is 10.5. The van der Waals surface area contributed by atoms with E-state index in [1.807, 2.05) is 0 Å². The summed E-state index contributed by atoms with van der Waals surface area (Å²) in [5.41, 5.74) is 0. The van der Waals surface area contributed by atoms with E-state index in [1.165, 1.54) is 0 Å². The van der Waals surface area contributed by atoms with Crippen LogP contribution in [0.4, 0.5) is 0 Å². The van der Waals surface area contributed by atoms with Crippen LogP contribution in [0.5, 0.6) is 0 Å². The van der Waals surface area contributed by atoms with Crippen LogP contribution in [0.2, 0.25) is 0 Å². The average molecular weight is 138 g/mol. The molecule has 0 saturated carbocycles. The van der Waals surface area contributed by atoms with E-state index in [4.69, 9.17) is 0 Å². The maximum absolute atomic E-state index is 3.95. The molecule has 0 fully saturated rings. The third-order valence-electron chi connectivity index (χ3n) is 1.81. The van der Waals surface area contributed by atoms with Crippen molar-refractivity contribution < 1.29 is 0 Å². The summed E-state index contributed by atoms with van der Waals surface area (Å²) in [7, 11) is 4.10. The summed E-state index contributed by atoms with van der Waals surface area (Å²) in [6.45, 7) is 5.90. The Morgan fingerprint density at radius 1 is 1.20 bits per heavy atom. The normalized spacial score (nSPS) is 19.6. The summed E-state index contributed by atoms with van der Waals surface area (Å²) in [4.78, 5) is 4.26. The molecular weight excluding hydrogens is 124 g/mol. The van der Waals surface area contributed by atoms with Crippen molar-refractivity contribution in [2.75, 3.05) is 27.2 Å². The molecule has 0 aliphatic carbocycles. The number of hydrogen-bond donors (Lipinski definition) is 0. The standard InChI is InChI=1S/C8H14N2/c1-8-9(2)6-4-5-7-10(8)3/h4-5H,1,6-7H2,2-3H3. The molecule has 10 heavy (non-hydrogen) atoms. The molecule has 0 bridgehead atoms. The molecule has 0 amide bonds. The van der Waals surface area contributed by atoms with Crippen LogP contribution in [0.1, 0.15) is 0 Å². The van der Waals surface area contributed by atoms with Gasteiger partial charge in [0.25, 0.3) is 0 Å². The summed E-state index contributed by atoms with van der Waals surface area (Å²) < 4.78 is 0. The quantitative estimate of drug-likeness (QED) is 0.459. The Morgan fingerprint density at radius 3 is 2.00 bits per heavy atom. The molecule has 0 unspecified atom stereocenters. The van der Waals surface area contributed by atoms with Crippen LogP contribution in [-0.4, -0.2) is 37.0 Å². The van der Waals surface area contributed by atoms with Crippen LogP contribution in [-0.2, 0) is 0 Å². The lowest BCUT2D eigenvalue weighted by molar-refractivity contribution is 0.315. The first kappa shape index (κ1) is 7.19. The highest BCUT2D eigenvalue weighted by Gasteiger charge is 2.06. The van der Waals surface area contributed by atoms with Gasteiger partial charge in [0.2, 0.25) is 0 Å². The van der Waals surface area contributed by atoms with E-state index in [0.717, 1.165) is 18.9 Å². The van der Waals surface area contributed by atoms with Gasteiger partial charge in [-0.15, -0.1) is 0 Å². The second kappa shape index (κ2) is 2.78. The van der Waals surface area contributed by atoms with Gasteiger partial charge in [-0.3, -0.25) is 0 Å². The second-order valence-electron chi connectivity index (χ2n) is 2.65. The van der Waals surface area contributed by atoms with Crippen LogP contribution in [0.15, 0.2) is 24.6 Å². The lowest BCUT2D eigenvalue weighted by Gasteiger charge is -2.25. The minimum Gasteiger partial charge on any atom is -0.358 e. The van der Waals surface area contributed by atoms with Crippen molar-refractivity contribution in [1.82, 2.24) is 9.80 Å². The van der Waals surface area contributed by atoms with Crippen molar-refractivity contribution in [3.63, 3.8) is 0 Å². The van der Waals surface area contributed by atoms with Gasteiger partial charge in [0, 0.05) is 27.2 Å². The maximum atomic E-state index is 3.95. The van der Waals surface area contributed by atoms with Gasteiger partial charge in [-0.2, -0.15) is 0 Å². The van der Waals surface area contributed by atoms with Crippen molar-refractivity contribution in [3.05, 3.63) is 24.6 Å². The van der Waals surface area contributed by atoms with Crippen molar-refractivity contribution in [3.8, 4) is 0 Å². The monoisotopic (exact) mass is 138 g/mol. The molecule has 0 N–H and O–H groups in total. The van der Waals surface area contributed by atoms with E-state index in [9.17, 15) is 0 Å². The fraction of sp³-hybridized carbons (Fsp3) is 0.500. The lowest BCUT2D eigenvalue weighted by Crippen LogP contribution is -2.27. The molecule has 1 aliphatic rings. The Labute approximate surface area is 62.4 Å². The molecule has 0 saturated heterocycles. The van der Waals surface area contributed by atoms with Crippen LogP contribution in [0.3, 0.4) is 0 Å². The van der Waals surface area contributed by atoms with Crippen molar-refractivity contribution in [2.45, 2.75) is 0 Å². The first-order valence-electron chi connectivity index (χ1n) is 3.48. The Balaban J connectivity index is 2.65. The Kier molecular flexibility index (Phi) is 2.00. The van der Waals surface area contributed by atoms with Gasteiger partial charge in [0.05, 0.1) is 5.82 Å². The van der Waals surface area contributed by atoms with Crippen molar-refractivity contribution in [2.24, 2.45) is 0 Å². The van der Waals surface area contributed by atoms with E-state index in [1.54, 1.807) is 0 Å². The molecule has 1 aliphatic heterocycles. The van der Waals surface area contributed by atoms with Crippen LogP contribution >= 0.6 is 0 Å². The zero-order chi connectivity index (χ0) is 7.56. The molecule has 0 aromatic rings. The van der Waals surface area contributed by atoms with Gasteiger partial charge in [-0.25, -0.2) is 0 Å². The van der Waals surface area contributed by atoms with E-state index in [0.29, 0.717) is 0 Å². The van der Waals surface area contributed by atoms with Crippen LogP contribution in [0, 0.1) is 0 Å². The number of nitrogens with zero attached hydrogens (tertiary/aromatic N) is 2. The Hall–Kier alpha value is -0.920. The molecule has 56 valence electrons. The van der Waals surface area contributed by atoms with Crippen LogP contribution < -0.4 is 0 Å². The van der Waals surface area contributed by atoms with Crippen LogP contribution in [0.25, 0.3) is 0 Å². The van der Waals surface area contributed by atoms with E-state index in [2.05, 4.69) is 42.6 Å². The SMILES string of the molecule is C=C1N(C)CC=CCN1C. The van der Waals surface area contributed by atoms with Gasteiger partial charge in [0.15, 0.2) is 0 Å². The summed E-state index contributed by atoms with van der Waals surface area (Å²) >= 11 is 0. The zero-order valence-corrected chi connectivity index (χ0v) is 6.67. The fourth-order valence-electron chi connectivity index (χ4n) is 0.967. The summed E-state index contributed by atoms with van der Waals surface area (Å²) in [5.74, 6) is 1.09. The van der Waals surface area contributed by atoms with Crippen molar-refractivity contribution >= 4 is 0 Å². The Bertz CT molecular complexity index is 145. The molecule has 0 radical (unpaired) electrons. The molecule has 0 spiro atoms. The fourth-order valence-corrected chi connectivity index (χ4v) is 0.967. The molecule has 1 rings (SSSR count). The minimum absolute atomic E-state index is 0.975. The number of likely N-dealkylation sites (N-methyl/N-ethyl adjacent to an activating group) is 2. The summed E-state index contributed by atoms with van der Waals surface area (Å²) in [5, 5.41) is 0. The molecule has 0 aromatic carbocycles. The molecule has 2 heteroatoms. The van der Waals surface area contributed by atoms with Gasteiger partial charge in [-0.1, -0.05) is 18.7 Å². The third kappa shape index (κ3) is 1.32. The topological polar surface area (TPSA) is 6.48 Å². The van der Waals surface area contributed by atoms with E-state index < -0.39 is 0 Å². The average Bonchev–Trinajstić information content (AvgIpc) is 2.04. The molecule has 0 atom stereocenters. The predicted molar refractivity (Wildman–Crippen MR) is 43.5 cm³/mol. The van der Waals surface area contributed by atoms with E-state index >= 15 is 0 Å². The second-order valence-corrected chi connectivity index (χ2v) is 2.65. The van der Waals surface area contributed by atoms with Gasteiger partial charge in [0.1, 0.15) is 0 Å². The molecule has 1 heterocycles. The highest BCUT2D eigenvalue weighted by atomic mass is 15.3. The van der Waals surface area contributed by atoms with Gasteiger partial charge in [-0.05, 0) is 0 Å². The molecule has 2 nitrogen and oxygen atoms in total. The van der Waals surface area contributed by atoms with Gasteiger partial charge < -0.3 is 9.80 Å². The summed E-state index contributed by atoms with van der Waals surface area (Å²) in [6, 6.07) is 0. The highest BCUT2D eigenvalue weighted by Crippen LogP contribution is 2.06. The van der Waals surface area contributed by atoms with Gasteiger partial charge >= 0.3 is 0 Å².